The van der Waals surface area contributed by atoms with Gasteiger partial charge in [0.15, 0.2) is 0 Å². The molecule has 0 radical (unpaired) electrons. The third kappa shape index (κ3) is 2.26. The van der Waals surface area contributed by atoms with E-state index in [9.17, 15) is 4.79 Å². The maximum atomic E-state index is 10.6. The smallest absolute Gasteiger partial charge is 0.127 e. The Hall–Kier alpha value is -1.02. The number of ether oxygens (including phenoxy) is 1. The molecule has 0 spiro atoms. The lowest BCUT2D eigenvalue weighted by molar-refractivity contribution is -0.108. The van der Waals surface area contributed by atoms with Crippen LogP contribution >= 0.6 is 11.6 Å². The van der Waals surface area contributed by atoms with Crippen molar-refractivity contribution in [3.05, 3.63) is 29.3 Å². The van der Waals surface area contributed by atoms with Gasteiger partial charge in [-0.3, -0.25) is 0 Å². The summed E-state index contributed by atoms with van der Waals surface area (Å²) in [6.07, 6.45) is 0.912. The summed E-state index contributed by atoms with van der Waals surface area (Å²) < 4.78 is 5.17. The molecule has 0 fully saturated rings. The second-order valence-electron chi connectivity index (χ2n) is 3.13. The van der Waals surface area contributed by atoms with Crippen LogP contribution in [0.4, 0.5) is 0 Å². The van der Waals surface area contributed by atoms with Gasteiger partial charge in [-0.15, -0.1) is 11.6 Å². The van der Waals surface area contributed by atoms with Crippen LogP contribution in [0.1, 0.15) is 24.0 Å². The van der Waals surface area contributed by atoms with Crippen LogP contribution in [0.25, 0.3) is 0 Å². The third-order valence-electron chi connectivity index (χ3n) is 2.19. The van der Waals surface area contributed by atoms with Crippen molar-refractivity contribution in [3.8, 4) is 5.75 Å². The molecule has 0 heterocycles. The minimum absolute atomic E-state index is 0.103. The van der Waals surface area contributed by atoms with Crippen LogP contribution in [0.2, 0.25) is 0 Å². The van der Waals surface area contributed by atoms with Gasteiger partial charge in [0.2, 0.25) is 0 Å². The largest absolute Gasteiger partial charge is 0.496 e. The second kappa shape index (κ2) is 5.01. The maximum Gasteiger partial charge on any atom is 0.127 e. The van der Waals surface area contributed by atoms with Crippen LogP contribution < -0.4 is 4.74 Å². The summed E-state index contributed by atoms with van der Waals surface area (Å²) in [5.74, 6) is 1.05. The van der Waals surface area contributed by atoms with Crippen LogP contribution in [0.5, 0.6) is 5.75 Å². The first-order chi connectivity index (χ1) is 6.72. The molecule has 14 heavy (non-hydrogen) atoms. The summed E-state index contributed by atoms with van der Waals surface area (Å²) in [7, 11) is 1.60. The van der Waals surface area contributed by atoms with Crippen LogP contribution in [-0.2, 0) is 10.7 Å². The second-order valence-corrected chi connectivity index (χ2v) is 3.40. The van der Waals surface area contributed by atoms with Crippen molar-refractivity contribution >= 4 is 17.9 Å². The summed E-state index contributed by atoms with van der Waals surface area (Å²) in [5, 5.41) is 0. The lowest BCUT2D eigenvalue weighted by Gasteiger charge is -2.10. The van der Waals surface area contributed by atoms with Crippen molar-refractivity contribution in [2.24, 2.45) is 0 Å². The topological polar surface area (TPSA) is 26.3 Å². The zero-order valence-corrected chi connectivity index (χ0v) is 9.04. The highest BCUT2D eigenvalue weighted by atomic mass is 35.5. The van der Waals surface area contributed by atoms with Gasteiger partial charge in [-0.2, -0.15) is 0 Å². The average molecular weight is 213 g/mol. The minimum Gasteiger partial charge on any atom is -0.496 e. The molecule has 1 aromatic carbocycles. The quantitative estimate of drug-likeness (QED) is 0.567. The molecule has 1 aromatic rings. The van der Waals surface area contributed by atoms with Gasteiger partial charge in [-0.05, 0) is 11.6 Å². The Balaban J connectivity index is 3.06. The molecule has 76 valence electrons. The van der Waals surface area contributed by atoms with E-state index in [0.717, 1.165) is 23.2 Å². The Morgan fingerprint density at radius 3 is 2.79 bits per heavy atom. The van der Waals surface area contributed by atoms with Crippen LogP contribution in [0, 0.1) is 0 Å². The van der Waals surface area contributed by atoms with E-state index in [0.29, 0.717) is 5.88 Å². The van der Waals surface area contributed by atoms with Crippen LogP contribution in [0.3, 0.4) is 0 Å². The Labute approximate surface area is 88.8 Å². The summed E-state index contributed by atoms with van der Waals surface area (Å²) in [6.45, 7) is 1.85. The van der Waals surface area contributed by atoms with E-state index in [1.165, 1.54) is 0 Å². The highest BCUT2D eigenvalue weighted by Crippen LogP contribution is 2.25. The predicted octanol–water partition coefficient (Wildman–Crippen LogP) is 2.74. The van der Waals surface area contributed by atoms with E-state index in [-0.39, 0.29) is 5.92 Å². The van der Waals surface area contributed by atoms with Gasteiger partial charge in [-0.25, -0.2) is 0 Å². The van der Waals surface area contributed by atoms with E-state index >= 15 is 0 Å². The summed E-state index contributed by atoms with van der Waals surface area (Å²) in [5.41, 5.74) is 1.89. The Bertz CT molecular complexity index is 323. The number of halogens is 1. The number of carbonyl (C=O) groups is 1. The molecule has 0 aliphatic heterocycles. The van der Waals surface area contributed by atoms with E-state index in [4.69, 9.17) is 16.3 Å². The number of benzene rings is 1. The number of aldehydes is 1. The number of alkyl halides is 1. The zero-order valence-electron chi connectivity index (χ0n) is 8.29. The summed E-state index contributed by atoms with van der Waals surface area (Å²) >= 11 is 5.73. The SMILES string of the molecule is COc1cc(C(C)C=O)ccc1CCl. The molecular formula is C11H13ClO2. The maximum absolute atomic E-state index is 10.6. The van der Waals surface area contributed by atoms with Crippen molar-refractivity contribution in [2.45, 2.75) is 18.7 Å². The highest BCUT2D eigenvalue weighted by molar-refractivity contribution is 6.17. The lowest BCUT2D eigenvalue weighted by atomic mass is 10.0. The van der Waals surface area contributed by atoms with Gasteiger partial charge >= 0.3 is 0 Å². The first-order valence-corrected chi connectivity index (χ1v) is 4.94. The van der Waals surface area contributed by atoms with E-state index < -0.39 is 0 Å². The van der Waals surface area contributed by atoms with Crippen molar-refractivity contribution in [1.29, 1.82) is 0 Å². The molecule has 1 unspecified atom stereocenters. The number of hydrogen-bond donors (Lipinski definition) is 0. The Morgan fingerprint density at radius 2 is 2.29 bits per heavy atom. The van der Waals surface area contributed by atoms with E-state index in [2.05, 4.69) is 0 Å². The molecule has 0 N–H and O–H groups in total. The normalized spacial score (nSPS) is 12.2. The Morgan fingerprint density at radius 1 is 1.57 bits per heavy atom. The summed E-state index contributed by atoms with van der Waals surface area (Å²) in [4.78, 5) is 10.6. The molecule has 0 aromatic heterocycles. The lowest BCUT2D eigenvalue weighted by Crippen LogP contribution is -1.97. The molecular weight excluding hydrogens is 200 g/mol. The molecule has 3 heteroatoms. The van der Waals surface area contributed by atoms with Crippen LogP contribution in [0.15, 0.2) is 18.2 Å². The van der Waals surface area contributed by atoms with Crippen molar-refractivity contribution in [3.63, 3.8) is 0 Å². The van der Waals surface area contributed by atoms with E-state index in [1.807, 2.05) is 25.1 Å². The zero-order chi connectivity index (χ0) is 10.6. The molecule has 0 saturated heterocycles. The number of rotatable bonds is 4. The molecule has 0 bridgehead atoms. The molecule has 2 nitrogen and oxygen atoms in total. The average Bonchev–Trinajstić information content (AvgIpc) is 2.26. The summed E-state index contributed by atoms with van der Waals surface area (Å²) in [6, 6.07) is 5.65. The first kappa shape index (κ1) is 11.1. The Kier molecular flexibility index (Phi) is 3.96. The molecule has 0 amide bonds. The van der Waals surface area contributed by atoms with Gasteiger partial charge in [0, 0.05) is 11.5 Å². The monoisotopic (exact) mass is 212 g/mol. The van der Waals surface area contributed by atoms with E-state index in [1.54, 1.807) is 7.11 Å². The molecule has 1 rings (SSSR count). The van der Waals surface area contributed by atoms with Gasteiger partial charge in [0.1, 0.15) is 12.0 Å². The van der Waals surface area contributed by atoms with Crippen LogP contribution in [-0.4, -0.2) is 13.4 Å². The number of carbonyl (C=O) groups excluding carboxylic acids is 1. The minimum atomic E-state index is -0.103. The predicted molar refractivity (Wildman–Crippen MR) is 57.0 cm³/mol. The fourth-order valence-corrected chi connectivity index (χ4v) is 1.45. The fraction of sp³-hybridized carbons (Fsp3) is 0.364. The van der Waals surface area contributed by atoms with Crippen molar-refractivity contribution in [1.82, 2.24) is 0 Å². The van der Waals surface area contributed by atoms with Crippen molar-refractivity contribution in [2.75, 3.05) is 7.11 Å². The number of methoxy groups -OCH3 is 1. The first-order valence-electron chi connectivity index (χ1n) is 4.41. The van der Waals surface area contributed by atoms with Gasteiger partial charge < -0.3 is 9.53 Å². The highest BCUT2D eigenvalue weighted by Gasteiger charge is 2.07. The number of hydrogen-bond acceptors (Lipinski definition) is 2. The molecule has 1 atom stereocenters. The molecule has 0 saturated carbocycles. The van der Waals surface area contributed by atoms with Crippen molar-refractivity contribution < 1.29 is 9.53 Å². The van der Waals surface area contributed by atoms with Gasteiger partial charge in [-0.1, -0.05) is 19.1 Å². The molecule has 0 aliphatic rings. The van der Waals surface area contributed by atoms with Gasteiger partial charge in [0.25, 0.3) is 0 Å². The standard InChI is InChI=1S/C11H13ClO2/c1-8(7-13)9-3-4-10(6-12)11(5-9)14-2/h3-5,7-8H,6H2,1-2H3. The fourth-order valence-electron chi connectivity index (χ4n) is 1.23. The van der Waals surface area contributed by atoms with Gasteiger partial charge in [0.05, 0.1) is 13.0 Å². The molecule has 0 aliphatic carbocycles. The third-order valence-corrected chi connectivity index (χ3v) is 2.47.